The molecule has 0 bridgehead atoms. The summed E-state index contributed by atoms with van der Waals surface area (Å²) < 4.78 is 17.8. The van der Waals surface area contributed by atoms with Crippen LogP contribution in [0.5, 0.6) is 0 Å². The predicted octanol–water partition coefficient (Wildman–Crippen LogP) is 2.65. The maximum Gasteiger partial charge on any atom is 0.348 e. The molecule has 2 rings (SSSR count). The van der Waals surface area contributed by atoms with Crippen molar-refractivity contribution in [3.05, 3.63) is 51.7 Å². The van der Waals surface area contributed by atoms with Gasteiger partial charge in [-0.1, -0.05) is 12.1 Å². The third-order valence-electron chi connectivity index (χ3n) is 3.38. The van der Waals surface area contributed by atoms with Crippen LogP contribution in [0.15, 0.2) is 24.3 Å². The van der Waals surface area contributed by atoms with E-state index in [1.807, 2.05) is 0 Å². The molecule has 0 fully saturated rings. The zero-order chi connectivity index (χ0) is 18.6. The summed E-state index contributed by atoms with van der Waals surface area (Å²) in [6.07, 6.45) is -0.00975. The van der Waals surface area contributed by atoms with Crippen LogP contribution in [0.4, 0.5) is 9.39 Å². The summed E-state index contributed by atoms with van der Waals surface area (Å²) >= 11 is 0.937. The van der Waals surface area contributed by atoms with Gasteiger partial charge in [-0.25, -0.2) is 9.18 Å². The number of primary amides is 1. The van der Waals surface area contributed by atoms with Gasteiger partial charge in [-0.2, -0.15) is 0 Å². The molecular weight excluding hydrogens is 347 g/mol. The molecule has 2 amide bonds. The van der Waals surface area contributed by atoms with Gasteiger partial charge in [0.15, 0.2) is 0 Å². The largest absolute Gasteiger partial charge is 0.462 e. The molecule has 0 aliphatic carbocycles. The Morgan fingerprint density at radius 2 is 1.88 bits per heavy atom. The first-order valence-corrected chi connectivity index (χ1v) is 8.29. The standard InChI is InChI=1S/C17H17FN2O4S/c1-3-24-17(23)14-9(2)13(15(19)22)16(25-14)20-12(21)8-10-4-6-11(18)7-5-10/h4-7H,3,8H2,1-2H3,(H2,19,22)(H,20,21). The molecule has 8 heteroatoms. The lowest BCUT2D eigenvalue weighted by molar-refractivity contribution is -0.115. The van der Waals surface area contributed by atoms with Crippen molar-refractivity contribution in [3.63, 3.8) is 0 Å². The molecule has 0 aliphatic heterocycles. The number of thiophene rings is 1. The van der Waals surface area contributed by atoms with Gasteiger partial charge >= 0.3 is 5.97 Å². The number of rotatable bonds is 6. The van der Waals surface area contributed by atoms with Crippen molar-refractivity contribution >= 4 is 34.1 Å². The highest BCUT2D eigenvalue weighted by molar-refractivity contribution is 7.18. The fourth-order valence-electron chi connectivity index (χ4n) is 2.25. The Labute approximate surface area is 147 Å². The summed E-state index contributed by atoms with van der Waals surface area (Å²) in [6.45, 7) is 3.42. The molecular formula is C17H17FN2O4S. The van der Waals surface area contributed by atoms with Crippen LogP contribution in [0, 0.1) is 12.7 Å². The zero-order valence-electron chi connectivity index (χ0n) is 13.7. The van der Waals surface area contributed by atoms with Crippen LogP contribution in [0.25, 0.3) is 0 Å². The molecule has 0 radical (unpaired) electrons. The highest BCUT2D eigenvalue weighted by Gasteiger charge is 2.25. The number of carbonyl (C=O) groups is 3. The molecule has 1 aromatic carbocycles. The minimum absolute atomic E-state index is 0.00975. The van der Waals surface area contributed by atoms with E-state index in [2.05, 4.69) is 5.32 Å². The van der Waals surface area contributed by atoms with E-state index in [0.29, 0.717) is 11.1 Å². The maximum absolute atomic E-state index is 12.9. The monoisotopic (exact) mass is 364 g/mol. The van der Waals surface area contributed by atoms with Gasteiger partial charge in [0, 0.05) is 0 Å². The molecule has 0 spiro atoms. The van der Waals surface area contributed by atoms with Gasteiger partial charge in [0.25, 0.3) is 5.91 Å². The second kappa shape index (κ2) is 7.89. The lowest BCUT2D eigenvalue weighted by Gasteiger charge is -2.05. The number of carbonyl (C=O) groups excluding carboxylic acids is 3. The predicted molar refractivity (Wildman–Crippen MR) is 92.3 cm³/mol. The van der Waals surface area contributed by atoms with Crippen LogP contribution < -0.4 is 11.1 Å². The molecule has 0 saturated heterocycles. The normalized spacial score (nSPS) is 10.4. The Hall–Kier alpha value is -2.74. The zero-order valence-corrected chi connectivity index (χ0v) is 14.5. The van der Waals surface area contributed by atoms with E-state index in [1.54, 1.807) is 13.8 Å². The van der Waals surface area contributed by atoms with E-state index in [4.69, 9.17) is 10.5 Å². The van der Waals surface area contributed by atoms with E-state index < -0.39 is 23.6 Å². The summed E-state index contributed by atoms with van der Waals surface area (Å²) in [5, 5.41) is 2.78. The molecule has 132 valence electrons. The summed E-state index contributed by atoms with van der Waals surface area (Å²) in [7, 11) is 0. The number of amides is 2. The molecule has 3 N–H and O–H groups in total. The SMILES string of the molecule is CCOC(=O)c1sc(NC(=O)Cc2ccc(F)cc2)c(C(N)=O)c1C. The van der Waals surface area contributed by atoms with Crippen molar-refractivity contribution in [3.8, 4) is 0 Å². The molecule has 25 heavy (non-hydrogen) atoms. The molecule has 1 heterocycles. The molecule has 0 unspecified atom stereocenters. The molecule has 6 nitrogen and oxygen atoms in total. The summed E-state index contributed by atoms with van der Waals surface area (Å²) in [4.78, 5) is 36.1. The van der Waals surface area contributed by atoms with Crippen LogP contribution in [-0.2, 0) is 16.0 Å². The number of halogens is 1. The van der Waals surface area contributed by atoms with Crippen molar-refractivity contribution in [2.45, 2.75) is 20.3 Å². The molecule has 1 aromatic heterocycles. The smallest absolute Gasteiger partial charge is 0.348 e. The quantitative estimate of drug-likeness (QED) is 0.770. The fourth-order valence-corrected chi connectivity index (χ4v) is 3.37. The Balaban J connectivity index is 2.24. The van der Waals surface area contributed by atoms with Crippen molar-refractivity contribution in [2.24, 2.45) is 5.73 Å². The van der Waals surface area contributed by atoms with Gasteiger partial charge in [-0.3, -0.25) is 9.59 Å². The Kier molecular flexibility index (Phi) is 5.87. The molecule has 2 aromatic rings. The average Bonchev–Trinajstić information content (AvgIpc) is 2.86. The highest BCUT2D eigenvalue weighted by atomic mass is 32.1. The number of hydrogen-bond acceptors (Lipinski definition) is 5. The second-order valence-electron chi connectivity index (χ2n) is 5.20. The number of esters is 1. The second-order valence-corrected chi connectivity index (χ2v) is 6.22. The van der Waals surface area contributed by atoms with Crippen molar-refractivity contribution in [1.82, 2.24) is 0 Å². The van der Waals surface area contributed by atoms with Crippen molar-refractivity contribution in [2.75, 3.05) is 11.9 Å². The first kappa shape index (κ1) is 18.6. The summed E-state index contributed by atoms with van der Waals surface area (Å²) in [5.74, 6) is -2.13. The first-order chi connectivity index (χ1) is 11.8. The van der Waals surface area contributed by atoms with E-state index in [9.17, 15) is 18.8 Å². The third kappa shape index (κ3) is 4.42. The summed E-state index contributed by atoms with van der Waals surface area (Å²) in [5.41, 5.74) is 6.43. The van der Waals surface area contributed by atoms with E-state index in [-0.39, 0.29) is 28.5 Å². The van der Waals surface area contributed by atoms with Crippen LogP contribution in [0.2, 0.25) is 0 Å². The Morgan fingerprint density at radius 1 is 1.24 bits per heavy atom. The van der Waals surface area contributed by atoms with Crippen molar-refractivity contribution < 1.29 is 23.5 Å². The minimum atomic E-state index is -0.749. The highest BCUT2D eigenvalue weighted by Crippen LogP contribution is 2.33. The minimum Gasteiger partial charge on any atom is -0.462 e. The van der Waals surface area contributed by atoms with Crippen LogP contribution in [0.3, 0.4) is 0 Å². The number of nitrogens with two attached hydrogens (primary N) is 1. The van der Waals surface area contributed by atoms with Crippen molar-refractivity contribution in [1.29, 1.82) is 0 Å². The number of benzene rings is 1. The number of nitrogens with one attached hydrogen (secondary N) is 1. The lowest BCUT2D eigenvalue weighted by atomic mass is 10.1. The van der Waals surface area contributed by atoms with Gasteiger partial charge in [0.2, 0.25) is 5.91 Å². The Bertz CT molecular complexity index is 815. The third-order valence-corrected chi connectivity index (χ3v) is 4.57. The van der Waals surface area contributed by atoms with Gasteiger partial charge in [-0.15, -0.1) is 11.3 Å². The number of ether oxygens (including phenoxy) is 1. The van der Waals surface area contributed by atoms with Crippen LogP contribution >= 0.6 is 11.3 Å². The maximum atomic E-state index is 12.9. The Morgan fingerprint density at radius 3 is 2.44 bits per heavy atom. The topological polar surface area (TPSA) is 98.5 Å². The van der Waals surface area contributed by atoms with Gasteiger partial charge < -0.3 is 15.8 Å². The van der Waals surface area contributed by atoms with Gasteiger partial charge in [0.05, 0.1) is 18.6 Å². The lowest BCUT2D eigenvalue weighted by Crippen LogP contribution is -2.18. The van der Waals surface area contributed by atoms with Gasteiger partial charge in [-0.05, 0) is 37.1 Å². The van der Waals surface area contributed by atoms with Crippen LogP contribution in [0.1, 0.15) is 38.1 Å². The molecule has 0 saturated carbocycles. The molecule has 0 atom stereocenters. The average molecular weight is 364 g/mol. The van der Waals surface area contributed by atoms with E-state index in [1.165, 1.54) is 24.3 Å². The van der Waals surface area contributed by atoms with Crippen LogP contribution in [-0.4, -0.2) is 24.4 Å². The van der Waals surface area contributed by atoms with Gasteiger partial charge in [0.1, 0.15) is 15.7 Å². The number of anilines is 1. The van der Waals surface area contributed by atoms with E-state index >= 15 is 0 Å². The fraction of sp³-hybridized carbons (Fsp3) is 0.235. The molecule has 0 aliphatic rings. The number of hydrogen-bond donors (Lipinski definition) is 2. The first-order valence-electron chi connectivity index (χ1n) is 7.48. The van der Waals surface area contributed by atoms with E-state index in [0.717, 1.165) is 11.3 Å². The summed E-state index contributed by atoms with van der Waals surface area (Å²) in [6, 6.07) is 5.50.